The van der Waals surface area contributed by atoms with Crippen LogP contribution in [0, 0.1) is 0 Å². The third-order valence-electron chi connectivity index (χ3n) is 5.49. The highest BCUT2D eigenvalue weighted by Gasteiger charge is 2.38. The summed E-state index contributed by atoms with van der Waals surface area (Å²) >= 11 is 2.77. The number of thiophene rings is 1. The van der Waals surface area contributed by atoms with E-state index in [1.54, 1.807) is 28.8 Å². The lowest BCUT2D eigenvalue weighted by atomic mass is 10.0. The van der Waals surface area contributed by atoms with Crippen molar-refractivity contribution >= 4 is 54.5 Å². The number of para-hydroxylation sites is 1. The number of hydrogen-bond donors (Lipinski definition) is 1. The van der Waals surface area contributed by atoms with Crippen molar-refractivity contribution in [2.75, 3.05) is 11.9 Å². The zero-order valence-electron chi connectivity index (χ0n) is 17.1. The Morgan fingerprint density at radius 2 is 1.94 bits per heavy atom. The highest BCUT2D eigenvalue weighted by molar-refractivity contribution is 7.91. The molecule has 0 aliphatic carbocycles. The first kappa shape index (κ1) is 21.3. The zero-order valence-corrected chi connectivity index (χ0v) is 19.6. The van der Waals surface area contributed by atoms with Crippen LogP contribution in [-0.4, -0.2) is 36.2 Å². The molecule has 1 fully saturated rings. The van der Waals surface area contributed by atoms with Crippen molar-refractivity contribution in [3.05, 3.63) is 66.0 Å². The largest absolute Gasteiger partial charge is 0.325 e. The summed E-state index contributed by atoms with van der Waals surface area (Å²) in [6.07, 6.45) is 2.08. The summed E-state index contributed by atoms with van der Waals surface area (Å²) in [5, 5.41) is 5.55. The second-order valence-corrected chi connectivity index (χ2v) is 11.7. The van der Waals surface area contributed by atoms with Crippen LogP contribution in [0.2, 0.25) is 0 Å². The molecule has 5 rings (SSSR count). The number of nitrogens with zero attached hydrogens (tertiary/aromatic N) is 2. The molecule has 32 heavy (non-hydrogen) atoms. The number of benzene rings is 2. The van der Waals surface area contributed by atoms with Gasteiger partial charge in [0.05, 0.1) is 10.2 Å². The van der Waals surface area contributed by atoms with Crippen molar-refractivity contribution in [1.82, 2.24) is 9.29 Å². The number of thiazole rings is 1. The standard InChI is InChI=1S/C23H21N3O3S3/c27-22(19-10-3-4-13-26(19)32(28,29)21-12-6-14-30-21)24-17-8-5-7-16(15-17)23-25-18-9-1-2-11-20(18)31-23/h1-2,5-9,11-12,14-15,19H,3-4,10,13H2,(H,24,27). The maximum atomic E-state index is 13.2. The van der Waals surface area contributed by atoms with E-state index in [9.17, 15) is 13.2 Å². The van der Waals surface area contributed by atoms with Gasteiger partial charge in [0.1, 0.15) is 15.3 Å². The molecule has 3 heterocycles. The maximum Gasteiger partial charge on any atom is 0.253 e. The van der Waals surface area contributed by atoms with Gasteiger partial charge in [-0.3, -0.25) is 4.79 Å². The van der Waals surface area contributed by atoms with Gasteiger partial charge in [-0.05, 0) is 48.6 Å². The summed E-state index contributed by atoms with van der Waals surface area (Å²) < 4.78 is 28.9. The van der Waals surface area contributed by atoms with Crippen LogP contribution in [0.4, 0.5) is 5.69 Å². The van der Waals surface area contributed by atoms with Crippen molar-refractivity contribution in [2.45, 2.75) is 29.5 Å². The van der Waals surface area contributed by atoms with E-state index in [1.165, 1.54) is 15.6 Å². The minimum absolute atomic E-state index is 0.273. The molecular weight excluding hydrogens is 462 g/mol. The number of aromatic nitrogens is 1. The van der Waals surface area contributed by atoms with Crippen LogP contribution in [0.15, 0.2) is 70.3 Å². The Labute approximate surface area is 194 Å². The van der Waals surface area contributed by atoms with Gasteiger partial charge < -0.3 is 5.32 Å². The normalized spacial score (nSPS) is 17.4. The molecule has 4 aromatic rings. The third kappa shape index (κ3) is 4.09. The molecule has 2 aromatic carbocycles. The van der Waals surface area contributed by atoms with E-state index in [4.69, 9.17) is 0 Å². The molecule has 0 radical (unpaired) electrons. The summed E-state index contributed by atoms with van der Waals surface area (Å²) in [6.45, 7) is 0.351. The van der Waals surface area contributed by atoms with Crippen LogP contribution in [0.1, 0.15) is 19.3 Å². The van der Waals surface area contributed by atoms with E-state index < -0.39 is 16.1 Å². The Morgan fingerprint density at radius 1 is 1.06 bits per heavy atom. The zero-order chi connectivity index (χ0) is 22.1. The molecule has 164 valence electrons. The van der Waals surface area contributed by atoms with Crippen LogP contribution in [0.3, 0.4) is 0 Å². The highest BCUT2D eigenvalue weighted by atomic mass is 32.2. The Kier molecular flexibility index (Phi) is 5.81. The van der Waals surface area contributed by atoms with E-state index in [0.717, 1.165) is 33.6 Å². The number of piperidine rings is 1. The second-order valence-electron chi connectivity index (χ2n) is 7.62. The Morgan fingerprint density at radius 3 is 2.75 bits per heavy atom. The monoisotopic (exact) mass is 483 g/mol. The van der Waals surface area contributed by atoms with Crippen molar-refractivity contribution in [3.63, 3.8) is 0 Å². The predicted molar refractivity (Wildman–Crippen MR) is 130 cm³/mol. The molecule has 1 amide bonds. The predicted octanol–water partition coefficient (Wildman–Crippen LogP) is 5.21. The molecule has 1 atom stereocenters. The molecule has 2 aromatic heterocycles. The SMILES string of the molecule is O=C(Nc1cccc(-c2nc3ccccc3s2)c1)C1CCCCN1S(=O)(=O)c1cccs1. The van der Waals surface area contributed by atoms with Crippen LogP contribution in [-0.2, 0) is 14.8 Å². The molecule has 1 N–H and O–H groups in total. The highest BCUT2D eigenvalue weighted by Crippen LogP contribution is 2.32. The molecule has 1 aliphatic heterocycles. The van der Waals surface area contributed by atoms with Crippen molar-refractivity contribution in [3.8, 4) is 10.6 Å². The number of fused-ring (bicyclic) bond motifs is 1. The summed E-state index contributed by atoms with van der Waals surface area (Å²) in [4.78, 5) is 17.8. The Balaban J connectivity index is 1.38. The minimum Gasteiger partial charge on any atom is -0.325 e. The lowest BCUT2D eigenvalue weighted by Crippen LogP contribution is -2.49. The van der Waals surface area contributed by atoms with Gasteiger partial charge in [0, 0.05) is 17.8 Å². The Hall–Kier alpha value is -2.59. The first-order valence-electron chi connectivity index (χ1n) is 10.3. The van der Waals surface area contributed by atoms with E-state index in [2.05, 4.69) is 10.3 Å². The van der Waals surface area contributed by atoms with Gasteiger partial charge >= 0.3 is 0 Å². The molecular formula is C23H21N3O3S3. The molecule has 0 spiro atoms. The minimum atomic E-state index is -3.69. The van der Waals surface area contributed by atoms with Gasteiger partial charge in [-0.1, -0.05) is 36.8 Å². The quantitative estimate of drug-likeness (QED) is 0.423. The van der Waals surface area contributed by atoms with E-state index >= 15 is 0 Å². The Bertz CT molecular complexity index is 1330. The lowest BCUT2D eigenvalue weighted by Gasteiger charge is -2.33. The summed E-state index contributed by atoms with van der Waals surface area (Å²) in [5.41, 5.74) is 2.49. The average Bonchev–Trinajstić information content (AvgIpc) is 3.50. The molecule has 1 unspecified atom stereocenters. The molecule has 0 saturated carbocycles. The number of anilines is 1. The molecule has 1 aliphatic rings. The first-order chi connectivity index (χ1) is 15.5. The van der Waals surface area contributed by atoms with E-state index in [1.807, 2.05) is 48.5 Å². The lowest BCUT2D eigenvalue weighted by molar-refractivity contribution is -0.120. The second kappa shape index (κ2) is 8.74. The average molecular weight is 484 g/mol. The summed E-state index contributed by atoms with van der Waals surface area (Å²) in [7, 11) is -3.69. The van der Waals surface area contributed by atoms with E-state index in [-0.39, 0.29) is 10.1 Å². The topological polar surface area (TPSA) is 79.4 Å². The number of sulfonamides is 1. The number of amides is 1. The van der Waals surface area contributed by atoms with Crippen LogP contribution < -0.4 is 5.32 Å². The molecule has 0 bridgehead atoms. The fourth-order valence-electron chi connectivity index (χ4n) is 3.93. The third-order valence-corrected chi connectivity index (χ3v) is 9.85. The van der Waals surface area contributed by atoms with Gasteiger partial charge in [-0.2, -0.15) is 4.31 Å². The van der Waals surface area contributed by atoms with Crippen molar-refractivity contribution in [1.29, 1.82) is 0 Å². The smallest absolute Gasteiger partial charge is 0.253 e. The number of nitrogens with one attached hydrogen (secondary N) is 1. The summed E-state index contributed by atoms with van der Waals surface area (Å²) in [5.74, 6) is -0.300. The molecule has 1 saturated heterocycles. The van der Waals surface area contributed by atoms with Crippen molar-refractivity contribution < 1.29 is 13.2 Å². The van der Waals surface area contributed by atoms with Crippen molar-refractivity contribution in [2.24, 2.45) is 0 Å². The first-order valence-corrected chi connectivity index (χ1v) is 13.5. The van der Waals surface area contributed by atoms with Crippen LogP contribution in [0.25, 0.3) is 20.8 Å². The van der Waals surface area contributed by atoms with Gasteiger partial charge in [0.2, 0.25) is 5.91 Å². The van der Waals surface area contributed by atoms with Gasteiger partial charge in [0.15, 0.2) is 0 Å². The van der Waals surface area contributed by atoms with Gasteiger partial charge in [0.25, 0.3) is 10.0 Å². The molecule has 9 heteroatoms. The van der Waals surface area contributed by atoms with Crippen LogP contribution >= 0.6 is 22.7 Å². The maximum absolute atomic E-state index is 13.2. The fourth-order valence-corrected chi connectivity index (χ4v) is 7.67. The number of carbonyl (C=O) groups is 1. The van der Waals surface area contributed by atoms with Gasteiger partial charge in [-0.15, -0.1) is 22.7 Å². The fraction of sp³-hybridized carbons (Fsp3) is 0.217. The van der Waals surface area contributed by atoms with Crippen LogP contribution in [0.5, 0.6) is 0 Å². The molecule has 6 nitrogen and oxygen atoms in total. The number of hydrogen-bond acceptors (Lipinski definition) is 6. The van der Waals surface area contributed by atoms with E-state index in [0.29, 0.717) is 18.7 Å². The summed E-state index contributed by atoms with van der Waals surface area (Å²) in [6, 6.07) is 18.1. The van der Waals surface area contributed by atoms with Gasteiger partial charge in [-0.25, -0.2) is 13.4 Å². The number of carbonyl (C=O) groups excluding carboxylic acids is 1. The number of rotatable bonds is 5.